The molecule has 0 aliphatic heterocycles. The summed E-state index contributed by atoms with van der Waals surface area (Å²) in [6.45, 7) is 0. The molecule has 2 aromatic carbocycles. The van der Waals surface area contributed by atoms with Crippen LogP contribution in [-0.2, 0) is 4.74 Å². The lowest BCUT2D eigenvalue weighted by Crippen LogP contribution is -2.09. The zero-order chi connectivity index (χ0) is 15.4. The van der Waals surface area contributed by atoms with Crippen molar-refractivity contribution in [2.24, 2.45) is 0 Å². The quantitative estimate of drug-likeness (QED) is 0.632. The van der Waals surface area contributed by atoms with Crippen LogP contribution in [0.4, 0.5) is 0 Å². The highest BCUT2D eigenvalue weighted by atomic mass is 35.5. The molecule has 108 valence electrons. The summed E-state index contributed by atoms with van der Waals surface area (Å²) in [6, 6.07) is 10.4. The first kappa shape index (κ1) is 15.4. The zero-order valence-electron chi connectivity index (χ0n) is 10.9. The number of carbonyl (C=O) groups excluding carboxylic acids is 2. The number of hydrogen-bond donors (Lipinski definition) is 0. The predicted molar refractivity (Wildman–Crippen MR) is 79.2 cm³/mol. The largest absolute Gasteiger partial charge is 0.465 e. The summed E-state index contributed by atoms with van der Waals surface area (Å²) in [4.78, 5) is 23.2. The topological polar surface area (TPSA) is 52.6 Å². The van der Waals surface area contributed by atoms with E-state index in [1.54, 1.807) is 0 Å². The van der Waals surface area contributed by atoms with Gasteiger partial charge in [-0.1, -0.05) is 23.2 Å². The van der Waals surface area contributed by atoms with E-state index in [0.717, 1.165) is 0 Å². The van der Waals surface area contributed by atoms with E-state index in [2.05, 4.69) is 4.74 Å². The predicted octanol–water partition coefficient (Wildman–Crippen LogP) is 4.00. The van der Waals surface area contributed by atoms with E-state index in [1.165, 1.54) is 49.6 Å². The average Bonchev–Trinajstić information content (AvgIpc) is 2.46. The fourth-order valence-corrected chi connectivity index (χ4v) is 2.14. The molecular weight excluding hydrogens is 315 g/mol. The van der Waals surface area contributed by atoms with Crippen LogP contribution in [0.25, 0.3) is 0 Å². The third-order valence-corrected chi connectivity index (χ3v) is 3.02. The Labute approximate surface area is 131 Å². The van der Waals surface area contributed by atoms with E-state index in [9.17, 15) is 9.59 Å². The van der Waals surface area contributed by atoms with E-state index < -0.39 is 11.9 Å². The van der Waals surface area contributed by atoms with E-state index in [4.69, 9.17) is 27.9 Å². The fraction of sp³-hybridized carbons (Fsp3) is 0.0667. The molecule has 0 aliphatic carbocycles. The Morgan fingerprint density at radius 2 is 1.43 bits per heavy atom. The Balaban J connectivity index is 2.14. The fourth-order valence-electron chi connectivity index (χ4n) is 1.61. The molecule has 0 saturated heterocycles. The Bertz CT molecular complexity index is 660. The summed E-state index contributed by atoms with van der Waals surface area (Å²) in [6.07, 6.45) is 0. The van der Waals surface area contributed by atoms with Gasteiger partial charge in [-0.2, -0.15) is 0 Å². The van der Waals surface area contributed by atoms with E-state index in [0.29, 0.717) is 21.4 Å². The van der Waals surface area contributed by atoms with Crippen LogP contribution in [0.2, 0.25) is 10.0 Å². The van der Waals surface area contributed by atoms with Crippen LogP contribution in [0.1, 0.15) is 20.7 Å². The number of esters is 2. The number of halogens is 2. The lowest BCUT2D eigenvalue weighted by Gasteiger charge is -2.06. The van der Waals surface area contributed by atoms with Crippen molar-refractivity contribution in [3.63, 3.8) is 0 Å². The normalized spacial score (nSPS) is 10.0. The number of hydrogen-bond acceptors (Lipinski definition) is 4. The minimum Gasteiger partial charge on any atom is -0.465 e. The van der Waals surface area contributed by atoms with Crippen molar-refractivity contribution in [2.45, 2.75) is 0 Å². The van der Waals surface area contributed by atoms with Crippen LogP contribution in [0, 0.1) is 0 Å². The average molecular weight is 325 g/mol. The second kappa shape index (κ2) is 6.61. The van der Waals surface area contributed by atoms with Crippen LogP contribution in [0.15, 0.2) is 42.5 Å². The van der Waals surface area contributed by atoms with Gasteiger partial charge in [0.2, 0.25) is 0 Å². The number of methoxy groups -OCH3 is 1. The van der Waals surface area contributed by atoms with Crippen molar-refractivity contribution in [1.82, 2.24) is 0 Å². The Morgan fingerprint density at radius 3 is 1.95 bits per heavy atom. The molecule has 0 radical (unpaired) electrons. The van der Waals surface area contributed by atoms with Crippen LogP contribution in [0.5, 0.6) is 5.75 Å². The monoisotopic (exact) mass is 324 g/mol. The molecule has 0 amide bonds. The minimum atomic E-state index is -0.592. The van der Waals surface area contributed by atoms with Crippen molar-refractivity contribution in [1.29, 1.82) is 0 Å². The SMILES string of the molecule is COC(=O)c1ccc(OC(=O)c2cc(Cl)cc(Cl)c2)cc1. The molecule has 6 heteroatoms. The molecule has 0 atom stereocenters. The number of rotatable bonds is 3. The van der Waals surface area contributed by atoms with E-state index in [1.807, 2.05) is 0 Å². The Morgan fingerprint density at radius 1 is 0.857 bits per heavy atom. The highest BCUT2D eigenvalue weighted by Gasteiger charge is 2.11. The molecule has 0 bridgehead atoms. The van der Waals surface area contributed by atoms with Crippen LogP contribution in [-0.4, -0.2) is 19.0 Å². The van der Waals surface area contributed by atoms with E-state index >= 15 is 0 Å². The summed E-state index contributed by atoms with van der Waals surface area (Å²) in [7, 11) is 1.29. The summed E-state index contributed by atoms with van der Waals surface area (Å²) in [5.74, 6) is -0.761. The molecule has 0 N–H and O–H groups in total. The third-order valence-electron chi connectivity index (χ3n) is 2.58. The molecule has 2 rings (SSSR count). The summed E-state index contributed by atoms with van der Waals surface area (Å²) in [5, 5.41) is 0.686. The lowest BCUT2D eigenvalue weighted by atomic mass is 10.2. The lowest BCUT2D eigenvalue weighted by molar-refractivity contribution is 0.0600. The van der Waals surface area contributed by atoms with E-state index in [-0.39, 0.29) is 5.56 Å². The third kappa shape index (κ3) is 3.97. The van der Waals surface area contributed by atoms with Crippen molar-refractivity contribution in [2.75, 3.05) is 7.11 Å². The van der Waals surface area contributed by atoms with Crippen molar-refractivity contribution >= 4 is 35.1 Å². The highest BCUT2D eigenvalue weighted by molar-refractivity contribution is 6.35. The number of benzene rings is 2. The molecular formula is C15H10Cl2O4. The maximum atomic E-state index is 12.0. The van der Waals surface area contributed by atoms with Crippen LogP contribution in [0.3, 0.4) is 0 Å². The van der Waals surface area contributed by atoms with Gasteiger partial charge in [-0.3, -0.25) is 0 Å². The standard InChI is InChI=1S/C15H10Cl2O4/c1-20-14(18)9-2-4-13(5-3-9)21-15(19)10-6-11(16)8-12(17)7-10/h2-8H,1H3. The smallest absolute Gasteiger partial charge is 0.343 e. The first-order valence-corrected chi connectivity index (χ1v) is 6.62. The molecule has 2 aromatic rings. The molecule has 0 unspecified atom stereocenters. The molecule has 0 aliphatic rings. The van der Waals surface area contributed by atoms with Crippen molar-refractivity contribution in [3.05, 3.63) is 63.6 Å². The van der Waals surface area contributed by atoms with Gasteiger partial charge in [-0.15, -0.1) is 0 Å². The second-order valence-corrected chi connectivity index (χ2v) is 4.94. The second-order valence-electron chi connectivity index (χ2n) is 4.06. The molecule has 0 heterocycles. The van der Waals surface area contributed by atoms with Crippen molar-refractivity contribution < 1.29 is 19.1 Å². The van der Waals surface area contributed by atoms with Gasteiger partial charge in [-0.05, 0) is 42.5 Å². The molecule has 21 heavy (non-hydrogen) atoms. The van der Waals surface area contributed by atoms with Gasteiger partial charge in [0, 0.05) is 10.0 Å². The van der Waals surface area contributed by atoms with Crippen molar-refractivity contribution in [3.8, 4) is 5.75 Å². The van der Waals surface area contributed by atoms with Gasteiger partial charge in [0.25, 0.3) is 0 Å². The van der Waals surface area contributed by atoms with Crippen LogP contribution >= 0.6 is 23.2 Å². The first-order chi connectivity index (χ1) is 9.99. The van der Waals surface area contributed by atoms with Gasteiger partial charge in [0.05, 0.1) is 18.2 Å². The summed E-state index contributed by atoms with van der Waals surface area (Å²) >= 11 is 11.7. The maximum absolute atomic E-state index is 12.0. The maximum Gasteiger partial charge on any atom is 0.343 e. The van der Waals surface area contributed by atoms with Gasteiger partial charge >= 0.3 is 11.9 Å². The Hall–Kier alpha value is -2.04. The highest BCUT2D eigenvalue weighted by Crippen LogP contribution is 2.21. The van der Waals surface area contributed by atoms with Gasteiger partial charge in [0.15, 0.2) is 0 Å². The summed E-state index contributed by atoms with van der Waals surface area (Å²) in [5.41, 5.74) is 0.604. The molecule has 0 saturated carbocycles. The number of carbonyl (C=O) groups is 2. The Kier molecular flexibility index (Phi) is 4.83. The summed E-state index contributed by atoms with van der Waals surface area (Å²) < 4.78 is 9.75. The van der Waals surface area contributed by atoms with Gasteiger partial charge in [-0.25, -0.2) is 9.59 Å². The zero-order valence-corrected chi connectivity index (χ0v) is 12.4. The molecule has 0 fully saturated rings. The molecule has 0 aromatic heterocycles. The van der Waals surface area contributed by atoms with Gasteiger partial charge in [0.1, 0.15) is 5.75 Å². The minimum absolute atomic E-state index is 0.240. The van der Waals surface area contributed by atoms with Crippen LogP contribution < -0.4 is 4.74 Å². The number of ether oxygens (including phenoxy) is 2. The molecule has 0 spiro atoms. The first-order valence-electron chi connectivity index (χ1n) is 5.86. The van der Waals surface area contributed by atoms with Gasteiger partial charge < -0.3 is 9.47 Å². The molecule has 4 nitrogen and oxygen atoms in total.